The molecule has 0 spiro atoms. The molecule has 2 unspecified atom stereocenters. The lowest BCUT2D eigenvalue weighted by atomic mass is 9.86. The zero-order valence-electron chi connectivity index (χ0n) is 13.9. The second-order valence-electron chi connectivity index (χ2n) is 6.74. The monoisotopic (exact) mass is 339 g/mol. The second kappa shape index (κ2) is 7.79. The van der Waals surface area contributed by atoms with Crippen LogP contribution >= 0.6 is 12.4 Å². The van der Waals surface area contributed by atoms with Crippen LogP contribution in [-0.4, -0.2) is 23.9 Å². The van der Waals surface area contributed by atoms with Crippen molar-refractivity contribution < 1.29 is 9.59 Å². The fourth-order valence-corrected chi connectivity index (χ4v) is 3.12. The van der Waals surface area contributed by atoms with Crippen LogP contribution in [0.15, 0.2) is 24.3 Å². The number of benzene rings is 1. The fraction of sp³-hybridized carbons (Fsp3) is 0.529. The predicted octanol–water partition coefficient (Wildman–Crippen LogP) is 2.41. The Morgan fingerprint density at radius 2 is 2.09 bits per heavy atom. The first-order valence-electron chi connectivity index (χ1n) is 7.75. The van der Waals surface area contributed by atoms with Crippen molar-refractivity contribution in [3.8, 4) is 0 Å². The van der Waals surface area contributed by atoms with Gasteiger partial charge in [0.05, 0.1) is 5.92 Å². The van der Waals surface area contributed by atoms with Crippen LogP contribution in [0, 0.1) is 5.92 Å². The Balaban J connectivity index is 0.00000264. The van der Waals surface area contributed by atoms with Crippen LogP contribution in [-0.2, 0) is 9.59 Å². The summed E-state index contributed by atoms with van der Waals surface area (Å²) in [6, 6.07) is 7.44. The minimum absolute atomic E-state index is 0. The van der Waals surface area contributed by atoms with Crippen molar-refractivity contribution in [2.45, 2.75) is 45.1 Å². The van der Waals surface area contributed by atoms with Gasteiger partial charge in [-0.25, -0.2) is 0 Å². The highest BCUT2D eigenvalue weighted by atomic mass is 35.5. The number of rotatable bonds is 5. The number of hydrogen-bond acceptors (Lipinski definition) is 3. The molecule has 1 aliphatic rings. The third kappa shape index (κ3) is 4.69. The van der Waals surface area contributed by atoms with Crippen LogP contribution in [0.5, 0.6) is 0 Å². The van der Waals surface area contributed by atoms with Crippen LogP contribution in [0.2, 0.25) is 0 Å². The standard InChI is InChI=1S/C17H25N3O2.ClH/c1-11(2)9-17(3,10-18)20-16(22)13-8-15(21)19-14-7-5-4-6-12(13)14;/h4-7,11,13H,8-10,18H2,1-3H3,(H,19,21)(H,20,22);1H. The van der Waals surface area contributed by atoms with Crippen LogP contribution in [0.25, 0.3) is 0 Å². The summed E-state index contributed by atoms with van der Waals surface area (Å²) in [6.45, 7) is 6.53. The Morgan fingerprint density at radius 1 is 1.43 bits per heavy atom. The van der Waals surface area contributed by atoms with E-state index in [9.17, 15) is 9.59 Å². The zero-order valence-corrected chi connectivity index (χ0v) is 14.7. The molecule has 0 radical (unpaired) electrons. The maximum Gasteiger partial charge on any atom is 0.228 e. The number of carbonyl (C=O) groups is 2. The average Bonchev–Trinajstić information content (AvgIpc) is 2.45. The van der Waals surface area contributed by atoms with Gasteiger partial charge in [-0.1, -0.05) is 32.0 Å². The summed E-state index contributed by atoms with van der Waals surface area (Å²) in [5.41, 5.74) is 6.99. The van der Waals surface area contributed by atoms with Gasteiger partial charge in [0, 0.05) is 24.2 Å². The van der Waals surface area contributed by atoms with Gasteiger partial charge in [-0.15, -0.1) is 12.4 Å². The first-order valence-corrected chi connectivity index (χ1v) is 7.75. The third-order valence-electron chi connectivity index (χ3n) is 4.05. The number of halogens is 1. The number of nitrogens with one attached hydrogen (secondary N) is 2. The smallest absolute Gasteiger partial charge is 0.228 e. The van der Waals surface area contributed by atoms with Gasteiger partial charge in [0.2, 0.25) is 11.8 Å². The molecule has 0 aromatic heterocycles. The van der Waals surface area contributed by atoms with Crippen molar-refractivity contribution in [1.82, 2.24) is 5.32 Å². The zero-order chi connectivity index (χ0) is 16.3. The van der Waals surface area contributed by atoms with Gasteiger partial charge < -0.3 is 16.4 Å². The highest BCUT2D eigenvalue weighted by Gasteiger charge is 2.34. The predicted molar refractivity (Wildman–Crippen MR) is 94.7 cm³/mol. The Kier molecular flexibility index (Phi) is 6.59. The SMILES string of the molecule is CC(C)CC(C)(CN)NC(=O)C1CC(=O)Nc2ccccc21.Cl. The first kappa shape index (κ1) is 19.5. The van der Waals surface area contributed by atoms with E-state index < -0.39 is 11.5 Å². The lowest BCUT2D eigenvalue weighted by molar-refractivity contribution is -0.127. The van der Waals surface area contributed by atoms with Crippen LogP contribution in [0.3, 0.4) is 0 Å². The van der Waals surface area contributed by atoms with Crippen molar-refractivity contribution in [2.75, 3.05) is 11.9 Å². The number of fused-ring (bicyclic) bond motifs is 1. The Morgan fingerprint density at radius 3 is 2.70 bits per heavy atom. The maximum absolute atomic E-state index is 12.7. The molecule has 0 bridgehead atoms. The summed E-state index contributed by atoms with van der Waals surface area (Å²) in [5.74, 6) is -0.285. The lowest BCUT2D eigenvalue weighted by Crippen LogP contribution is -2.53. The van der Waals surface area contributed by atoms with Gasteiger partial charge >= 0.3 is 0 Å². The maximum atomic E-state index is 12.7. The molecule has 23 heavy (non-hydrogen) atoms. The highest BCUT2D eigenvalue weighted by Crippen LogP contribution is 2.32. The molecule has 5 nitrogen and oxygen atoms in total. The summed E-state index contributed by atoms with van der Waals surface area (Å²) < 4.78 is 0. The molecule has 0 aliphatic carbocycles. The third-order valence-corrected chi connectivity index (χ3v) is 4.05. The molecule has 1 aliphatic heterocycles. The number of nitrogens with two attached hydrogens (primary N) is 1. The summed E-state index contributed by atoms with van der Waals surface area (Å²) >= 11 is 0. The molecule has 1 aromatic carbocycles. The molecule has 1 aromatic rings. The van der Waals surface area contributed by atoms with E-state index in [2.05, 4.69) is 24.5 Å². The Bertz CT molecular complexity index is 577. The largest absolute Gasteiger partial charge is 0.349 e. The van der Waals surface area contributed by atoms with E-state index in [0.29, 0.717) is 12.5 Å². The van der Waals surface area contributed by atoms with Gasteiger partial charge in [0.25, 0.3) is 0 Å². The normalized spacial score (nSPS) is 19.2. The molecule has 2 atom stereocenters. The number of amides is 2. The van der Waals surface area contributed by atoms with E-state index in [1.165, 1.54) is 0 Å². The van der Waals surface area contributed by atoms with Gasteiger partial charge in [0.1, 0.15) is 0 Å². The van der Waals surface area contributed by atoms with Crippen LogP contribution in [0.4, 0.5) is 5.69 Å². The minimum atomic E-state index is -0.456. The van der Waals surface area contributed by atoms with Crippen molar-refractivity contribution >= 4 is 29.9 Å². The number of hydrogen-bond donors (Lipinski definition) is 3. The van der Waals surface area contributed by atoms with Crippen LogP contribution < -0.4 is 16.4 Å². The molecule has 0 saturated heterocycles. The van der Waals surface area contributed by atoms with Gasteiger partial charge in [0.15, 0.2) is 0 Å². The lowest BCUT2D eigenvalue weighted by Gasteiger charge is -2.34. The minimum Gasteiger partial charge on any atom is -0.349 e. The van der Waals surface area contributed by atoms with Gasteiger partial charge in [-0.05, 0) is 30.9 Å². The second-order valence-corrected chi connectivity index (χ2v) is 6.74. The summed E-state index contributed by atoms with van der Waals surface area (Å²) in [6.07, 6.45) is 0.973. The summed E-state index contributed by atoms with van der Waals surface area (Å²) in [7, 11) is 0. The van der Waals surface area contributed by atoms with Crippen molar-refractivity contribution in [3.05, 3.63) is 29.8 Å². The molecule has 6 heteroatoms. The Hall–Kier alpha value is -1.59. The van der Waals surface area contributed by atoms with E-state index in [1.807, 2.05) is 31.2 Å². The highest BCUT2D eigenvalue weighted by molar-refractivity contribution is 6.01. The van der Waals surface area contributed by atoms with E-state index in [1.54, 1.807) is 0 Å². The summed E-state index contributed by atoms with van der Waals surface area (Å²) in [5, 5.41) is 5.87. The number of carbonyl (C=O) groups excluding carboxylic acids is 2. The van der Waals surface area contributed by atoms with E-state index in [-0.39, 0.29) is 30.6 Å². The molecule has 1 heterocycles. The molecule has 0 fully saturated rings. The molecule has 4 N–H and O–H groups in total. The van der Waals surface area contributed by atoms with Crippen molar-refractivity contribution in [1.29, 1.82) is 0 Å². The van der Waals surface area contributed by atoms with Crippen molar-refractivity contribution in [3.63, 3.8) is 0 Å². The van der Waals surface area contributed by atoms with Gasteiger partial charge in [-0.3, -0.25) is 9.59 Å². The van der Waals surface area contributed by atoms with Crippen molar-refractivity contribution in [2.24, 2.45) is 11.7 Å². The van der Waals surface area contributed by atoms with Crippen LogP contribution in [0.1, 0.15) is 45.1 Å². The molecular formula is C17H26ClN3O2. The quantitative estimate of drug-likeness (QED) is 0.770. The number of anilines is 1. The molecule has 128 valence electrons. The molecule has 0 saturated carbocycles. The average molecular weight is 340 g/mol. The van der Waals surface area contributed by atoms with E-state index in [4.69, 9.17) is 5.73 Å². The summed E-state index contributed by atoms with van der Waals surface area (Å²) in [4.78, 5) is 24.6. The van der Waals surface area contributed by atoms with Gasteiger partial charge in [-0.2, -0.15) is 0 Å². The first-order chi connectivity index (χ1) is 10.3. The van der Waals surface area contributed by atoms with E-state index >= 15 is 0 Å². The van der Waals surface area contributed by atoms with E-state index in [0.717, 1.165) is 17.7 Å². The molecule has 2 amide bonds. The molecular weight excluding hydrogens is 314 g/mol. The fourth-order valence-electron chi connectivity index (χ4n) is 3.12. The molecule has 2 rings (SSSR count). The Labute approximate surface area is 143 Å². The number of para-hydroxylation sites is 1. The topological polar surface area (TPSA) is 84.2 Å².